The van der Waals surface area contributed by atoms with Gasteiger partial charge in [-0.1, -0.05) is 31.2 Å². The van der Waals surface area contributed by atoms with Gasteiger partial charge < -0.3 is 10.2 Å². The molecule has 0 aliphatic rings. The molecule has 90 valence electrons. The van der Waals surface area contributed by atoms with Crippen molar-refractivity contribution in [2.75, 3.05) is 27.7 Å². The van der Waals surface area contributed by atoms with Gasteiger partial charge in [0.25, 0.3) is 0 Å². The zero-order chi connectivity index (χ0) is 12.0. The summed E-state index contributed by atoms with van der Waals surface area (Å²) in [5.74, 6) is 0. The lowest BCUT2D eigenvalue weighted by atomic mass is 10.0. The van der Waals surface area contributed by atoms with Crippen LogP contribution in [0.15, 0.2) is 24.3 Å². The van der Waals surface area contributed by atoms with E-state index in [0.29, 0.717) is 6.04 Å². The average Bonchev–Trinajstić information content (AvgIpc) is 2.30. The van der Waals surface area contributed by atoms with Crippen LogP contribution in [0, 0.1) is 0 Å². The van der Waals surface area contributed by atoms with Crippen LogP contribution in [0.4, 0.5) is 0 Å². The second kappa shape index (κ2) is 6.66. The normalized spacial score (nSPS) is 13.1. The maximum absolute atomic E-state index is 3.38. The van der Waals surface area contributed by atoms with E-state index in [9.17, 15) is 0 Å². The Balaban J connectivity index is 2.63. The molecule has 0 radical (unpaired) electrons. The molecule has 0 fully saturated rings. The van der Waals surface area contributed by atoms with Gasteiger partial charge >= 0.3 is 0 Å². The van der Waals surface area contributed by atoms with E-state index >= 15 is 0 Å². The molecule has 1 N–H and O–H groups in total. The molecule has 1 atom stereocenters. The minimum absolute atomic E-state index is 0.466. The number of nitrogens with zero attached hydrogens (tertiary/aromatic N) is 1. The Kier molecular flexibility index (Phi) is 5.50. The molecule has 16 heavy (non-hydrogen) atoms. The third kappa shape index (κ3) is 3.95. The van der Waals surface area contributed by atoms with Crippen LogP contribution in [0.3, 0.4) is 0 Å². The smallest absolute Gasteiger partial charge is 0.0329 e. The quantitative estimate of drug-likeness (QED) is 0.792. The first-order chi connectivity index (χ1) is 7.67. The SMILES string of the molecule is CCc1ccc(C(CCN(C)C)NC)cc1. The second-order valence-electron chi connectivity index (χ2n) is 4.53. The van der Waals surface area contributed by atoms with E-state index in [4.69, 9.17) is 0 Å². The van der Waals surface area contributed by atoms with Gasteiger partial charge in [-0.3, -0.25) is 0 Å². The van der Waals surface area contributed by atoms with Gasteiger partial charge in [0.2, 0.25) is 0 Å². The second-order valence-corrected chi connectivity index (χ2v) is 4.53. The molecule has 1 aromatic rings. The summed E-state index contributed by atoms with van der Waals surface area (Å²) in [5, 5.41) is 3.38. The lowest BCUT2D eigenvalue weighted by Crippen LogP contribution is -2.22. The average molecular weight is 220 g/mol. The minimum atomic E-state index is 0.466. The van der Waals surface area contributed by atoms with Gasteiger partial charge in [0, 0.05) is 6.04 Å². The summed E-state index contributed by atoms with van der Waals surface area (Å²) < 4.78 is 0. The molecule has 0 aromatic heterocycles. The van der Waals surface area contributed by atoms with Crippen molar-refractivity contribution in [1.82, 2.24) is 10.2 Å². The third-order valence-electron chi connectivity index (χ3n) is 3.00. The molecule has 0 saturated heterocycles. The fraction of sp³-hybridized carbons (Fsp3) is 0.571. The monoisotopic (exact) mass is 220 g/mol. The lowest BCUT2D eigenvalue weighted by molar-refractivity contribution is 0.368. The zero-order valence-corrected chi connectivity index (χ0v) is 11.0. The first-order valence-corrected chi connectivity index (χ1v) is 6.08. The Morgan fingerprint density at radius 1 is 1.19 bits per heavy atom. The highest BCUT2D eigenvalue weighted by atomic mass is 15.1. The van der Waals surface area contributed by atoms with Crippen molar-refractivity contribution in [2.24, 2.45) is 0 Å². The largest absolute Gasteiger partial charge is 0.313 e. The molecule has 0 bridgehead atoms. The first-order valence-electron chi connectivity index (χ1n) is 6.08. The van der Waals surface area contributed by atoms with Gasteiger partial charge in [-0.2, -0.15) is 0 Å². The standard InChI is InChI=1S/C14H24N2/c1-5-12-6-8-13(9-7-12)14(15-2)10-11-16(3)4/h6-9,14-15H,5,10-11H2,1-4H3. The van der Waals surface area contributed by atoms with E-state index in [-0.39, 0.29) is 0 Å². The van der Waals surface area contributed by atoms with Gasteiger partial charge in [0.1, 0.15) is 0 Å². The molecule has 0 spiro atoms. The number of rotatable bonds is 6. The van der Waals surface area contributed by atoms with Gasteiger partial charge in [0.15, 0.2) is 0 Å². The van der Waals surface area contributed by atoms with Crippen LogP contribution in [-0.4, -0.2) is 32.6 Å². The van der Waals surface area contributed by atoms with Crippen LogP contribution in [0.1, 0.15) is 30.5 Å². The maximum Gasteiger partial charge on any atom is 0.0329 e. The summed E-state index contributed by atoms with van der Waals surface area (Å²) in [5.41, 5.74) is 2.80. The Hall–Kier alpha value is -0.860. The number of benzene rings is 1. The van der Waals surface area contributed by atoms with Crippen molar-refractivity contribution in [1.29, 1.82) is 0 Å². The van der Waals surface area contributed by atoms with Crippen molar-refractivity contribution in [3.05, 3.63) is 35.4 Å². The molecule has 0 heterocycles. The summed E-state index contributed by atoms with van der Waals surface area (Å²) in [6, 6.07) is 9.42. The molecule has 2 heteroatoms. The molecular weight excluding hydrogens is 196 g/mol. The fourth-order valence-corrected chi connectivity index (χ4v) is 1.85. The molecule has 0 aliphatic carbocycles. The molecular formula is C14H24N2. The summed E-state index contributed by atoms with van der Waals surface area (Å²) in [7, 11) is 6.27. The lowest BCUT2D eigenvalue weighted by Gasteiger charge is -2.19. The highest BCUT2D eigenvalue weighted by Crippen LogP contribution is 2.17. The van der Waals surface area contributed by atoms with Crippen molar-refractivity contribution in [3.8, 4) is 0 Å². The predicted octanol–water partition coefficient (Wildman–Crippen LogP) is 2.46. The van der Waals surface area contributed by atoms with Crippen LogP contribution in [0.2, 0.25) is 0 Å². The van der Waals surface area contributed by atoms with Crippen molar-refractivity contribution in [3.63, 3.8) is 0 Å². The molecule has 0 saturated carbocycles. The van der Waals surface area contributed by atoms with Crippen LogP contribution in [-0.2, 0) is 6.42 Å². The zero-order valence-electron chi connectivity index (χ0n) is 11.0. The van der Waals surface area contributed by atoms with E-state index < -0.39 is 0 Å². The van der Waals surface area contributed by atoms with Crippen LogP contribution in [0.25, 0.3) is 0 Å². The van der Waals surface area contributed by atoms with Crippen LogP contribution >= 0.6 is 0 Å². The first kappa shape index (κ1) is 13.2. The molecule has 1 rings (SSSR count). The molecule has 2 nitrogen and oxygen atoms in total. The molecule has 1 unspecified atom stereocenters. The topological polar surface area (TPSA) is 15.3 Å². The highest BCUT2D eigenvalue weighted by molar-refractivity contribution is 5.25. The number of hydrogen-bond acceptors (Lipinski definition) is 2. The molecule has 0 aliphatic heterocycles. The summed E-state index contributed by atoms with van der Waals surface area (Å²) in [6.45, 7) is 3.30. The number of hydrogen-bond donors (Lipinski definition) is 1. The van der Waals surface area contributed by atoms with Gasteiger partial charge in [-0.25, -0.2) is 0 Å². The van der Waals surface area contributed by atoms with Crippen molar-refractivity contribution in [2.45, 2.75) is 25.8 Å². The fourth-order valence-electron chi connectivity index (χ4n) is 1.85. The Bertz CT molecular complexity index is 290. The van der Waals surface area contributed by atoms with Crippen molar-refractivity contribution < 1.29 is 0 Å². The Morgan fingerprint density at radius 2 is 1.81 bits per heavy atom. The van der Waals surface area contributed by atoms with E-state index in [0.717, 1.165) is 19.4 Å². The van der Waals surface area contributed by atoms with E-state index in [1.165, 1.54) is 11.1 Å². The van der Waals surface area contributed by atoms with E-state index in [1.54, 1.807) is 0 Å². The number of nitrogens with one attached hydrogen (secondary N) is 1. The minimum Gasteiger partial charge on any atom is -0.313 e. The van der Waals surface area contributed by atoms with Crippen LogP contribution in [0.5, 0.6) is 0 Å². The predicted molar refractivity (Wildman–Crippen MR) is 70.8 cm³/mol. The Labute approximate surface area is 99.7 Å². The Morgan fingerprint density at radius 3 is 2.25 bits per heavy atom. The van der Waals surface area contributed by atoms with Gasteiger partial charge in [0.05, 0.1) is 0 Å². The summed E-state index contributed by atoms with van der Waals surface area (Å²) >= 11 is 0. The summed E-state index contributed by atoms with van der Waals surface area (Å²) in [6.07, 6.45) is 2.26. The third-order valence-corrected chi connectivity index (χ3v) is 3.00. The van der Waals surface area contributed by atoms with E-state index in [1.807, 2.05) is 7.05 Å². The summed E-state index contributed by atoms with van der Waals surface area (Å²) in [4.78, 5) is 2.23. The van der Waals surface area contributed by atoms with Gasteiger partial charge in [-0.05, 0) is 51.7 Å². The maximum atomic E-state index is 3.38. The molecule has 0 amide bonds. The van der Waals surface area contributed by atoms with Crippen molar-refractivity contribution >= 4 is 0 Å². The highest BCUT2D eigenvalue weighted by Gasteiger charge is 2.08. The van der Waals surface area contributed by atoms with Crippen LogP contribution < -0.4 is 5.32 Å². The van der Waals surface area contributed by atoms with E-state index in [2.05, 4.69) is 55.5 Å². The molecule has 1 aromatic carbocycles. The van der Waals surface area contributed by atoms with Gasteiger partial charge in [-0.15, -0.1) is 0 Å². The number of aryl methyl sites for hydroxylation is 1.